The zero-order valence-corrected chi connectivity index (χ0v) is 22.0. The molecule has 0 saturated carbocycles. The molecule has 0 spiro atoms. The van der Waals surface area contributed by atoms with Gasteiger partial charge in [-0.05, 0) is 53.3 Å². The van der Waals surface area contributed by atoms with Crippen molar-refractivity contribution in [2.24, 2.45) is 0 Å². The Kier molecular flexibility index (Phi) is 5.13. The summed E-state index contributed by atoms with van der Waals surface area (Å²) in [5.41, 5.74) is 8.50. The third kappa shape index (κ3) is 3.76. The number of hydrogen-bond acceptors (Lipinski definition) is 4. The Morgan fingerprint density at radius 2 is 1.10 bits per heavy atom. The van der Waals surface area contributed by atoms with Crippen LogP contribution in [0.1, 0.15) is 11.1 Å². The lowest BCUT2D eigenvalue weighted by atomic mass is 9.82. The molecule has 0 radical (unpaired) electrons. The van der Waals surface area contributed by atoms with Crippen LogP contribution in [0.5, 0.6) is 0 Å². The molecule has 1 aliphatic rings. The molecule has 0 aliphatic heterocycles. The lowest BCUT2D eigenvalue weighted by molar-refractivity contribution is 0.944. The number of aromatic nitrogens is 3. The van der Waals surface area contributed by atoms with Gasteiger partial charge in [0.05, 0.1) is 0 Å². The molecule has 0 amide bonds. The zero-order chi connectivity index (χ0) is 25.8. The van der Waals surface area contributed by atoms with Gasteiger partial charge in [-0.15, -0.1) is 11.3 Å². The first-order valence-corrected chi connectivity index (χ1v) is 14.1. The molecule has 39 heavy (non-hydrogen) atoms. The Bertz CT molecular complexity index is 1950. The third-order valence-corrected chi connectivity index (χ3v) is 8.76. The van der Waals surface area contributed by atoms with Crippen LogP contribution >= 0.6 is 11.3 Å². The van der Waals surface area contributed by atoms with Crippen molar-refractivity contribution < 1.29 is 0 Å². The van der Waals surface area contributed by atoms with Gasteiger partial charge in [0.15, 0.2) is 17.5 Å². The first-order valence-electron chi connectivity index (χ1n) is 13.3. The van der Waals surface area contributed by atoms with Gasteiger partial charge in [-0.2, -0.15) is 0 Å². The second-order valence-corrected chi connectivity index (χ2v) is 11.1. The number of fused-ring (bicyclic) bond motifs is 7. The van der Waals surface area contributed by atoms with Crippen molar-refractivity contribution in [1.82, 2.24) is 15.0 Å². The monoisotopic (exact) mass is 517 g/mol. The van der Waals surface area contributed by atoms with E-state index in [9.17, 15) is 0 Å². The maximum Gasteiger partial charge on any atom is 0.164 e. The van der Waals surface area contributed by atoms with Crippen molar-refractivity contribution in [1.29, 1.82) is 0 Å². The SMILES string of the molecule is c1ccc(-c2nc(-c3ccccc3)nc(-c3ccc4c(c3)CCc3ccc5sc6ccccc6c5c3-4)n2)cc1. The summed E-state index contributed by atoms with van der Waals surface area (Å²) in [5.74, 6) is 2.08. The van der Waals surface area contributed by atoms with Crippen molar-refractivity contribution in [3.05, 3.63) is 126 Å². The average molecular weight is 518 g/mol. The molecule has 0 unspecified atom stereocenters. The average Bonchev–Trinajstić information content (AvgIpc) is 3.40. The molecule has 7 aromatic rings. The highest BCUT2D eigenvalue weighted by molar-refractivity contribution is 7.25. The van der Waals surface area contributed by atoms with Gasteiger partial charge in [0.25, 0.3) is 0 Å². The summed E-state index contributed by atoms with van der Waals surface area (Å²) in [4.78, 5) is 14.8. The van der Waals surface area contributed by atoms with Crippen LogP contribution in [0.25, 0.3) is 65.5 Å². The predicted molar refractivity (Wildman–Crippen MR) is 162 cm³/mol. The maximum atomic E-state index is 4.95. The van der Waals surface area contributed by atoms with Gasteiger partial charge < -0.3 is 0 Å². The Balaban J connectivity index is 1.31. The molecule has 4 heteroatoms. The standard InChI is InChI=1S/C35H23N3S/c1-3-9-23(10-4-1)33-36-34(24-11-5-2-6-12-24)38-35(37-33)26-17-19-27-25(21-26)16-15-22-18-20-30-32(31(22)27)28-13-7-8-14-29(28)39-30/h1-14,17-21H,15-16H2. The third-order valence-electron chi connectivity index (χ3n) is 7.63. The molecule has 5 aromatic carbocycles. The van der Waals surface area contributed by atoms with Crippen LogP contribution < -0.4 is 0 Å². The number of hydrogen-bond donors (Lipinski definition) is 0. The van der Waals surface area contributed by atoms with Crippen LogP contribution in [-0.2, 0) is 12.8 Å². The second kappa shape index (κ2) is 8.97. The molecule has 184 valence electrons. The molecule has 2 heterocycles. The molecule has 0 bridgehead atoms. The molecule has 1 aliphatic carbocycles. The van der Waals surface area contributed by atoms with E-state index in [0.717, 1.165) is 29.5 Å². The summed E-state index contributed by atoms with van der Waals surface area (Å²) in [7, 11) is 0. The number of aryl methyl sites for hydroxylation is 2. The summed E-state index contributed by atoms with van der Waals surface area (Å²) >= 11 is 1.88. The van der Waals surface area contributed by atoms with Crippen molar-refractivity contribution in [2.45, 2.75) is 12.8 Å². The van der Waals surface area contributed by atoms with Gasteiger partial charge in [0.2, 0.25) is 0 Å². The molecular weight excluding hydrogens is 494 g/mol. The Morgan fingerprint density at radius 3 is 1.82 bits per heavy atom. The molecule has 0 atom stereocenters. The molecule has 0 N–H and O–H groups in total. The molecule has 8 rings (SSSR count). The lowest BCUT2D eigenvalue weighted by Crippen LogP contribution is -2.05. The summed E-state index contributed by atoms with van der Waals surface area (Å²) < 4.78 is 2.70. The van der Waals surface area contributed by atoms with E-state index in [1.807, 2.05) is 72.0 Å². The highest BCUT2D eigenvalue weighted by Crippen LogP contribution is 2.45. The molecule has 0 fully saturated rings. The van der Waals surface area contributed by atoms with Crippen molar-refractivity contribution in [2.75, 3.05) is 0 Å². The minimum Gasteiger partial charge on any atom is -0.208 e. The predicted octanol–water partition coefficient (Wildman–Crippen LogP) is 9.01. The van der Waals surface area contributed by atoms with Gasteiger partial charge in [0, 0.05) is 36.9 Å². The van der Waals surface area contributed by atoms with E-state index in [1.165, 1.54) is 42.4 Å². The fourth-order valence-electron chi connectivity index (χ4n) is 5.77. The number of nitrogens with zero attached hydrogens (tertiary/aromatic N) is 3. The second-order valence-electron chi connectivity index (χ2n) is 9.98. The summed E-state index contributed by atoms with van der Waals surface area (Å²) in [6.07, 6.45) is 2.04. The summed E-state index contributed by atoms with van der Waals surface area (Å²) in [6.45, 7) is 0. The normalized spacial score (nSPS) is 12.4. The fourth-order valence-corrected chi connectivity index (χ4v) is 6.88. The van der Waals surface area contributed by atoms with Crippen LogP contribution in [0.2, 0.25) is 0 Å². The maximum absolute atomic E-state index is 4.95. The number of thiophene rings is 1. The molecule has 2 aromatic heterocycles. The Morgan fingerprint density at radius 1 is 0.487 bits per heavy atom. The van der Waals surface area contributed by atoms with Crippen LogP contribution in [0.4, 0.5) is 0 Å². The fraction of sp³-hybridized carbons (Fsp3) is 0.0571. The van der Waals surface area contributed by atoms with Crippen molar-refractivity contribution >= 4 is 31.5 Å². The van der Waals surface area contributed by atoms with Gasteiger partial charge in [0.1, 0.15) is 0 Å². The topological polar surface area (TPSA) is 38.7 Å². The van der Waals surface area contributed by atoms with E-state index in [0.29, 0.717) is 17.5 Å². The first-order chi connectivity index (χ1) is 19.3. The molecular formula is C35H23N3S. The van der Waals surface area contributed by atoms with E-state index >= 15 is 0 Å². The quantitative estimate of drug-likeness (QED) is 0.235. The first kappa shape index (κ1) is 22.3. The van der Waals surface area contributed by atoms with E-state index in [1.54, 1.807) is 0 Å². The minimum absolute atomic E-state index is 0.689. The number of benzene rings is 5. The smallest absolute Gasteiger partial charge is 0.164 e. The molecule has 0 saturated heterocycles. The van der Waals surface area contributed by atoms with Gasteiger partial charge in [-0.1, -0.05) is 97.1 Å². The summed E-state index contributed by atoms with van der Waals surface area (Å²) in [6, 6.07) is 40.5. The highest BCUT2D eigenvalue weighted by atomic mass is 32.1. The van der Waals surface area contributed by atoms with Gasteiger partial charge in [-0.25, -0.2) is 15.0 Å². The molecule has 3 nitrogen and oxygen atoms in total. The zero-order valence-electron chi connectivity index (χ0n) is 21.1. The van der Waals surface area contributed by atoms with Crippen LogP contribution in [0, 0.1) is 0 Å². The Labute approximate surface area is 230 Å². The minimum atomic E-state index is 0.689. The van der Waals surface area contributed by atoms with Crippen molar-refractivity contribution in [3.63, 3.8) is 0 Å². The highest BCUT2D eigenvalue weighted by Gasteiger charge is 2.22. The van der Waals surface area contributed by atoms with Gasteiger partial charge in [-0.3, -0.25) is 0 Å². The van der Waals surface area contributed by atoms with E-state index in [-0.39, 0.29) is 0 Å². The van der Waals surface area contributed by atoms with E-state index in [2.05, 4.69) is 54.6 Å². The van der Waals surface area contributed by atoms with Gasteiger partial charge >= 0.3 is 0 Å². The van der Waals surface area contributed by atoms with Crippen LogP contribution in [-0.4, -0.2) is 15.0 Å². The van der Waals surface area contributed by atoms with Crippen LogP contribution in [0.3, 0.4) is 0 Å². The summed E-state index contributed by atoms with van der Waals surface area (Å²) in [5, 5.41) is 2.74. The van der Waals surface area contributed by atoms with Crippen LogP contribution in [0.15, 0.2) is 115 Å². The van der Waals surface area contributed by atoms with Crippen molar-refractivity contribution in [3.8, 4) is 45.3 Å². The Hall–Kier alpha value is -4.67. The largest absolute Gasteiger partial charge is 0.208 e. The van der Waals surface area contributed by atoms with E-state index < -0.39 is 0 Å². The number of rotatable bonds is 3. The van der Waals surface area contributed by atoms with E-state index in [4.69, 9.17) is 15.0 Å². The lowest BCUT2D eigenvalue weighted by Gasteiger charge is -2.22.